The standard InChI is InChI=1S/C12H17N3O/c1-9-4-5-11(14-7-9)15-6-2-3-10(8-15)12(13)16/h4-5,7,10H,2-3,6,8H2,1H3,(H2,13,16). The van der Waals surface area contributed by atoms with E-state index in [-0.39, 0.29) is 11.8 Å². The van der Waals surface area contributed by atoms with E-state index in [1.807, 2.05) is 25.3 Å². The highest BCUT2D eigenvalue weighted by Crippen LogP contribution is 2.21. The lowest BCUT2D eigenvalue weighted by Gasteiger charge is -2.32. The van der Waals surface area contributed by atoms with E-state index in [0.29, 0.717) is 6.54 Å². The zero-order valence-corrected chi connectivity index (χ0v) is 9.52. The number of anilines is 1. The number of aromatic nitrogens is 1. The van der Waals surface area contributed by atoms with Crippen LogP contribution in [0.4, 0.5) is 5.82 Å². The quantitative estimate of drug-likeness (QED) is 0.810. The lowest BCUT2D eigenvalue weighted by molar-refractivity contribution is -0.122. The zero-order valence-electron chi connectivity index (χ0n) is 9.52. The van der Waals surface area contributed by atoms with Gasteiger partial charge in [-0.3, -0.25) is 4.79 Å². The van der Waals surface area contributed by atoms with Crippen molar-refractivity contribution in [3.63, 3.8) is 0 Å². The summed E-state index contributed by atoms with van der Waals surface area (Å²) in [6.07, 6.45) is 3.75. The third kappa shape index (κ3) is 2.32. The van der Waals surface area contributed by atoms with Gasteiger partial charge in [0.25, 0.3) is 0 Å². The van der Waals surface area contributed by atoms with Gasteiger partial charge in [0.05, 0.1) is 5.92 Å². The number of aryl methyl sites for hydroxylation is 1. The molecule has 0 bridgehead atoms. The van der Waals surface area contributed by atoms with E-state index in [1.165, 1.54) is 0 Å². The normalized spacial score (nSPS) is 20.8. The van der Waals surface area contributed by atoms with Crippen molar-refractivity contribution in [1.82, 2.24) is 4.98 Å². The lowest BCUT2D eigenvalue weighted by Crippen LogP contribution is -2.41. The predicted molar refractivity (Wildman–Crippen MR) is 63.1 cm³/mol. The minimum Gasteiger partial charge on any atom is -0.369 e. The van der Waals surface area contributed by atoms with Crippen molar-refractivity contribution in [3.8, 4) is 0 Å². The number of piperidine rings is 1. The molecule has 86 valence electrons. The fraction of sp³-hybridized carbons (Fsp3) is 0.500. The summed E-state index contributed by atoms with van der Waals surface area (Å²) in [7, 11) is 0. The van der Waals surface area contributed by atoms with E-state index in [2.05, 4.69) is 9.88 Å². The van der Waals surface area contributed by atoms with Gasteiger partial charge in [-0.2, -0.15) is 0 Å². The van der Waals surface area contributed by atoms with Gasteiger partial charge in [0.15, 0.2) is 0 Å². The molecule has 0 spiro atoms. The van der Waals surface area contributed by atoms with Crippen LogP contribution in [0.1, 0.15) is 18.4 Å². The molecular formula is C12H17N3O. The van der Waals surface area contributed by atoms with E-state index in [1.54, 1.807) is 0 Å². The molecule has 2 heterocycles. The van der Waals surface area contributed by atoms with Gasteiger partial charge in [0, 0.05) is 19.3 Å². The molecule has 0 saturated carbocycles. The smallest absolute Gasteiger partial charge is 0.222 e. The van der Waals surface area contributed by atoms with Gasteiger partial charge in [-0.15, -0.1) is 0 Å². The second-order valence-electron chi connectivity index (χ2n) is 4.38. The Labute approximate surface area is 95.5 Å². The molecule has 1 aromatic rings. The van der Waals surface area contributed by atoms with Crippen molar-refractivity contribution < 1.29 is 4.79 Å². The van der Waals surface area contributed by atoms with Crippen molar-refractivity contribution in [2.24, 2.45) is 11.7 Å². The number of carbonyl (C=O) groups is 1. The largest absolute Gasteiger partial charge is 0.369 e. The van der Waals surface area contributed by atoms with Gasteiger partial charge in [-0.05, 0) is 31.4 Å². The molecule has 2 rings (SSSR count). The molecule has 1 saturated heterocycles. The maximum absolute atomic E-state index is 11.2. The topological polar surface area (TPSA) is 59.2 Å². The number of nitrogens with zero attached hydrogens (tertiary/aromatic N) is 2. The Bertz CT molecular complexity index is 374. The third-order valence-electron chi connectivity index (χ3n) is 3.04. The van der Waals surface area contributed by atoms with Crippen molar-refractivity contribution in [2.75, 3.05) is 18.0 Å². The average Bonchev–Trinajstić information content (AvgIpc) is 2.30. The molecule has 0 radical (unpaired) electrons. The summed E-state index contributed by atoms with van der Waals surface area (Å²) in [4.78, 5) is 17.7. The molecule has 1 unspecified atom stereocenters. The van der Waals surface area contributed by atoms with E-state index in [0.717, 1.165) is 30.8 Å². The number of carbonyl (C=O) groups excluding carboxylic acids is 1. The number of amides is 1. The fourth-order valence-electron chi connectivity index (χ4n) is 2.06. The Morgan fingerprint density at radius 2 is 2.38 bits per heavy atom. The molecule has 0 aromatic carbocycles. The SMILES string of the molecule is Cc1ccc(N2CCCC(C(N)=O)C2)nc1. The predicted octanol–water partition coefficient (Wildman–Crippen LogP) is 1.09. The van der Waals surface area contributed by atoms with Gasteiger partial charge >= 0.3 is 0 Å². The zero-order chi connectivity index (χ0) is 11.5. The number of nitrogens with two attached hydrogens (primary N) is 1. The summed E-state index contributed by atoms with van der Waals surface area (Å²) in [5.74, 6) is 0.713. The minimum absolute atomic E-state index is 0.0307. The number of rotatable bonds is 2. The molecule has 1 atom stereocenters. The van der Waals surface area contributed by atoms with Crippen LogP contribution < -0.4 is 10.6 Å². The van der Waals surface area contributed by atoms with Gasteiger partial charge in [-0.1, -0.05) is 6.07 Å². The van der Waals surface area contributed by atoms with Crippen LogP contribution in [-0.4, -0.2) is 24.0 Å². The Morgan fingerprint density at radius 3 is 3.00 bits per heavy atom. The molecular weight excluding hydrogens is 202 g/mol. The van der Waals surface area contributed by atoms with Crippen LogP contribution >= 0.6 is 0 Å². The highest BCUT2D eigenvalue weighted by molar-refractivity contribution is 5.77. The molecule has 16 heavy (non-hydrogen) atoms. The summed E-state index contributed by atoms with van der Waals surface area (Å²) in [5.41, 5.74) is 6.49. The van der Waals surface area contributed by atoms with Gasteiger partial charge in [0.1, 0.15) is 5.82 Å². The first-order valence-electron chi connectivity index (χ1n) is 5.64. The maximum atomic E-state index is 11.2. The van der Waals surface area contributed by atoms with Crippen LogP contribution in [0.25, 0.3) is 0 Å². The van der Waals surface area contributed by atoms with E-state index in [4.69, 9.17) is 5.73 Å². The molecule has 1 aliphatic heterocycles. The average molecular weight is 219 g/mol. The molecule has 1 amide bonds. The monoisotopic (exact) mass is 219 g/mol. The molecule has 2 N–H and O–H groups in total. The minimum atomic E-state index is -0.197. The first kappa shape index (κ1) is 10.9. The van der Waals surface area contributed by atoms with Crippen molar-refractivity contribution in [1.29, 1.82) is 0 Å². The van der Waals surface area contributed by atoms with Gasteiger partial charge < -0.3 is 10.6 Å². The Hall–Kier alpha value is -1.58. The van der Waals surface area contributed by atoms with Crippen LogP contribution in [0.5, 0.6) is 0 Å². The van der Waals surface area contributed by atoms with Crippen LogP contribution in [0.2, 0.25) is 0 Å². The number of hydrogen-bond acceptors (Lipinski definition) is 3. The molecule has 4 heteroatoms. The second-order valence-corrected chi connectivity index (χ2v) is 4.38. The first-order chi connectivity index (χ1) is 7.66. The molecule has 1 aliphatic rings. The summed E-state index contributed by atoms with van der Waals surface area (Å²) in [6.45, 7) is 3.67. The van der Waals surface area contributed by atoms with Crippen LogP contribution in [0.3, 0.4) is 0 Å². The molecule has 4 nitrogen and oxygen atoms in total. The highest BCUT2D eigenvalue weighted by Gasteiger charge is 2.24. The van der Waals surface area contributed by atoms with Crippen molar-refractivity contribution in [2.45, 2.75) is 19.8 Å². The van der Waals surface area contributed by atoms with Crippen LogP contribution in [0.15, 0.2) is 18.3 Å². The van der Waals surface area contributed by atoms with Gasteiger partial charge in [-0.25, -0.2) is 4.98 Å². The lowest BCUT2D eigenvalue weighted by atomic mass is 9.97. The fourth-order valence-corrected chi connectivity index (χ4v) is 2.06. The Balaban J connectivity index is 2.09. The second kappa shape index (κ2) is 4.51. The first-order valence-corrected chi connectivity index (χ1v) is 5.64. The van der Waals surface area contributed by atoms with Crippen molar-refractivity contribution >= 4 is 11.7 Å². The highest BCUT2D eigenvalue weighted by atomic mass is 16.1. The van der Waals surface area contributed by atoms with Gasteiger partial charge in [0.2, 0.25) is 5.91 Å². The van der Waals surface area contributed by atoms with Crippen molar-refractivity contribution in [3.05, 3.63) is 23.9 Å². The van der Waals surface area contributed by atoms with Crippen LogP contribution in [-0.2, 0) is 4.79 Å². The summed E-state index contributed by atoms with van der Waals surface area (Å²) < 4.78 is 0. The molecule has 1 aromatic heterocycles. The summed E-state index contributed by atoms with van der Waals surface area (Å²) in [6, 6.07) is 4.04. The van der Waals surface area contributed by atoms with E-state index < -0.39 is 0 Å². The summed E-state index contributed by atoms with van der Waals surface area (Å²) in [5, 5.41) is 0. The third-order valence-corrected chi connectivity index (χ3v) is 3.04. The van der Waals surface area contributed by atoms with E-state index >= 15 is 0 Å². The van der Waals surface area contributed by atoms with E-state index in [9.17, 15) is 4.79 Å². The summed E-state index contributed by atoms with van der Waals surface area (Å²) >= 11 is 0. The number of primary amides is 1. The number of hydrogen-bond donors (Lipinski definition) is 1. The maximum Gasteiger partial charge on any atom is 0.222 e. The Kier molecular flexibility index (Phi) is 3.08. The molecule has 1 fully saturated rings. The molecule has 0 aliphatic carbocycles. The Morgan fingerprint density at radius 1 is 1.56 bits per heavy atom. The van der Waals surface area contributed by atoms with Crippen LogP contribution in [0, 0.1) is 12.8 Å². The number of pyridine rings is 1.